The maximum absolute atomic E-state index is 12.7. The van der Waals surface area contributed by atoms with Crippen LogP contribution in [0.15, 0.2) is 30.5 Å². The van der Waals surface area contributed by atoms with Crippen molar-refractivity contribution in [2.45, 2.75) is 31.7 Å². The Labute approximate surface area is 118 Å². The minimum atomic E-state index is 0.0830. The highest BCUT2D eigenvalue weighted by Gasteiger charge is 2.29. The minimum absolute atomic E-state index is 0.0830. The van der Waals surface area contributed by atoms with Crippen molar-refractivity contribution < 1.29 is 9.90 Å². The minimum Gasteiger partial charge on any atom is -0.396 e. The van der Waals surface area contributed by atoms with Gasteiger partial charge in [-0.15, -0.1) is 0 Å². The second-order valence-corrected chi connectivity index (χ2v) is 5.44. The quantitative estimate of drug-likeness (QED) is 0.879. The number of aromatic amines is 1. The van der Waals surface area contributed by atoms with Crippen LogP contribution in [-0.4, -0.2) is 40.1 Å². The highest BCUT2D eigenvalue weighted by atomic mass is 16.3. The fourth-order valence-corrected chi connectivity index (χ4v) is 2.74. The Morgan fingerprint density at radius 2 is 2.20 bits per heavy atom. The Morgan fingerprint density at radius 3 is 2.90 bits per heavy atom. The second kappa shape index (κ2) is 5.67. The van der Waals surface area contributed by atoms with Crippen LogP contribution >= 0.6 is 0 Å². The molecule has 0 spiro atoms. The van der Waals surface area contributed by atoms with E-state index in [0.717, 1.165) is 29.3 Å². The zero-order chi connectivity index (χ0) is 13.9. The van der Waals surface area contributed by atoms with E-state index < -0.39 is 0 Å². The Morgan fingerprint density at radius 1 is 1.35 bits per heavy atom. The van der Waals surface area contributed by atoms with E-state index in [-0.39, 0.29) is 12.5 Å². The molecule has 0 unspecified atom stereocenters. The Balaban J connectivity index is 1.83. The third-order valence-corrected chi connectivity index (χ3v) is 4.14. The van der Waals surface area contributed by atoms with Gasteiger partial charge in [-0.1, -0.05) is 6.07 Å². The van der Waals surface area contributed by atoms with E-state index in [4.69, 9.17) is 5.11 Å². The van der Waals surface area contributed by atoms with Crippen molar-refractivity contribution in [3.63, 3.8) is 0 Å². The van der Waals surface area contributed by atoms with Crippen LogP contribution in [0.5, 0.6) is 0 Å². The molecule has 1 aliphatic rings. The molecule has 0 aliphatic heterocycles. The Bertz CT molecular complexity index is 601. The number of hydrogen-bond acceptors (Lipinski definition) is 2. The summed E-state index contributed by atoms with van der Waals surface area (Å²) in [7, 11) is 0. The molecule has 3 rings (SSSR count). The van der Waals surface area contributed by atoms with Crippen molar-refractivity contribution >= 4 is 16.8 Å². The van der Waals surface area contributed by atoms with Crippen LogP contribution in [0.3, 0.4) is 0 Å². The van der Waals surface area contributed by atoms with Gasteiger partial charge in [0.05, 0.1) is 0 Å². The smallest absolute Gasteiger partial charge is 0.254 e. The van der Waals surface area contributed by atoms with E-state index in [2.05, 4.69) is 4.98 Å². The number of fused-ring (bicyclic) bond motifs is 1. The number of benzene rings is 1. The SMILES string of the molecule is O=C(c1ccc2cc[nH]c2c1)N(CCCO)C1CCC1. The number of nitrogens with one attached hydrogen (secondary N) is 1. The zero-order valence-electron chi connectivity index (χ0n) is 11.5. The molecule has 2 aromatic rings. The summed E-state index contributed by atoms with van der Waals surface area (Å²) in [5.41, 5.74) is 1.72. The van der Waals surface area contributed by atoms with E-state index in [1.54, 1.807) is 0 Å². The average Bonchev–Trinajstić information content (AvgIpc) is 2.87. The highest BCUT2D eigenvalue weighted by Crippen LogP contribution is 2.27. The average molecular weight is 272 g/mol. The van der Waals surface area contributed by atoms with Gasteiger partial charge >= 0.3 is 0 Å². The van der Waals surface area contributed by atoms with Crippen molar-refractivity contribution in [2.24, 2.45) is 0 Å². The molecule has 1 saturated carbocycles. The molecular weight excluding hydrogens is 252 g/mol. The van der Waals surface area contributed by atoms with Gasteiger partial charge in [0, 0.05) is 36.5 Å². The van der Waals surface area contributed by atoms with Crippen LogP contribution in [0, 0.1) is 0 Å². The van der Waals surface area contributed by atoms with E-state index in [1.807, 2.05) is 35.4 Å². The molecule has 4 nitrogen and oxygen atoms in total. The van der Waals surface area contributed by atoms with Gasteiger partial charge in [-0.05, 0) is 49.3 Å². The Kier molecular flexibility index (Phi) is 3.74. The summed E-state index contributed by atoms with van der Waals surface area (Å²) in [6, 6.07) is 8.14. The van der Waals surface area contributed by atoms with Gasteiger partial charge in [0.1, 0.15) is 0 Å². The van der Waals surface area contributed by atoms with Crippen LogP contribution in [0.2, 0.25) is 0 Å². The normalized spacial score (nSPS) is 15.2. The first-order valence-electron chi connectivity index (χ1n) is 7.28. The first kappa shape index (κ1) is 13.2. The molecule has 0 bridgehead atoms. The lowest BCUT2D eigenvalue weighted by Gasteiger charge is -2.37. The number of carbonyl (C=O) groups is 1. The summed E-state index contributed by atoms with van der Waals surface area (Å²) >= 11 is 0. The number of hydrogen-bond donors (Lipinski definition) is 2. The standard InChI is InChI=1S/C16H20N2O2/c19-10-2-9-18(14-3-1-4-14)16(20)13-6-5-12-7-8-17-15(12)11-13/h5-8,11,14,17,19H,1-4,9-10H2. The summed E-state index contributed by atoms with van der Waals surface area (Å²) < 4.78 is 0. The van der Waals surface area contributed by atoms with Crippen LogP contribution in [0.25, 0.3) is 10.9 Å². The molecule has 4 heteroatoms. The van der Waals surface area contributed by atoms with Gasteiger partial charge in [0.2, 0.25) is 0 Å². The molecule has 1 amide bonds. The number of aliphatic hydroxyl groups is 1. The number of rotatable bonds is 5. The van der Waals surface area contributed by atoms with E-state index in [0.29, 0.717) is 19.0 Å². The van der Waals surface area contributed by atoms with Gasteiger partial charge in [-0.25, -0.2) is 0 Å². The molecule has 0 radical (unpaired) electrons. The predicted molar refractivity (Wildman–Crippen MR) is 78.7 cm³/mol. The van der Waals surface area contributed by atoms with Crippen molar-refractivity contribution in [1.82, 2.24) is 9.88 Å². The number of nitrogens with zero attached hydrogens (tertiary/aromatic N) is 1. The fourth-order valence-electron chi connectivity index (χ4n) is 2.74. The van der Waals surface area contributed by atoms with Crippen LogP contribution in [0.1, 0.15) is 36.0 Å². The lowest BCUT2D eigenvalue weighted by Crippen LogP contribution is -2.44. The van der Waals surface area contributed by atoms with Crippen molar-refractivity contribution in [2.75, 3.05) is 13.2 Å². The van der Waals surface area contributed by atoms with Gasteiger partial charge in [-0.2, -0.15) is 0 Å². The summed E-state index contributed by atoms with van der Waals surface area (Å²) in [4.78, 5) is 17.8. The molecular formula is C16H20N2O2. The largest absolute Gasteiger partial charge is 0.396 e. The molecule has 0 atom stereocenters. The molecule has 1 aromatic heterocycles. The van der Waals surface area contributed by atoms with Crippen molar-refractivity contribution in [3.8, 4) is 0 Å². The van der Waals surface area contributed by atoms with Gasteiger partial charge in [-0.3, -0.25) is 4.79 Å². The van der Waals surface area contributed by atoms with Crippen LogP contribution < -0.4 is 0 Å². The fraction of sp³-hybridized carbons (Fsp3) is 0.438. The van der Waals surface area contributed by atoms with Crippen molar-refractivity contribution in [1.29, 1.82) is 0 Å². The zero-order valence-corrected chi connectivity index (χ0v) is 11.5. The molecule has 1 heterocycles. The third-order valence-electron chi connectivity index (χ3n) is 4.14. The summed E-state index contributed by atoms with van der Waals surface area (Å²) in [5, 5.41) is 10.1. The lowest BCUT2D eigenvalue weighted by molar-refractivity contribution is 0.0562. The topological polar surface area (TPSA) is 56.3 Å². The van der Waals surface area contributed by atoms with Crippen molar-refractivity contribution in [3.05, 3.63) is 36.0 Å². The van der Waals surface area contributed by atoms with E-state index in [9.17, 15) is 4.79 Å². The lowest BCUT2D eigenvalue weighted by atomic mass is 9.90. The second-order valence-electron chi connectivity index (χ2n) is 5.44. The summed E-state index contributed by atoms with van der Waals surface area (Å²) in [6.07, 6.45) is 5.90. The van der Waals surface area contributed by atoms with Crippen LogP contribution in [0.4, 0.5) is 0 Å². The molecule has 2 N–H and O–H groups in total. The third kappa shape index (κ3) is 2.43. The summed E-state index contributed by atoms with van der Waals surface area (Å²) in [5.74, 6) is 0.0830. The number of H-pyrrole nitrogens is 1. The van der Waals surface area contributed by atoms with Gasteiger partial charge < -0.3 is 15.0 Å². The first-order chi connectivity index (χ1) is 9.79. The van der Waals surface area contributed by atoms with Gasteiger partial charge in [0.15, 0.2) is 0 Å². The summed E-state index contributed by atoms with van der Waals surface area (Å²) in [6.45, 7) is 0.773. The van der Waals surface area contributed by atoms with Gasteiger partial charge in [0.25, 0.3) is 5.91 Å². The first-order valence-corrected chi connectivity index (χ1v) is 7.28. The Hall–Kier alpha value is -1.81. The van der Waals surface area contributed by atoms with E-state index in [1.165, 1.54) is 6.42 Å². The molecule has 1 aliphatic carbocycles. The number of aliphatic hydroxyl groups excluding tert-OH is 1. The maximum Gasteiger partial charge on any atom is 0.254 e. The predicted octanol–water partition coefficient (Wildman–Crippen LogP) is 2.55. The van der Waals surface area contributed by atoms with Crippen LogP contribution in [-0.2, 0) is 0 Å². The molecule has 20 heavy (non-hydrogen) atoms. The van der Waals surface area contributed by atoms with E-state index >= 15 is 0 Å². The monoisotopic (exact) mass is 272 g/mol. The maximum atomic E-state index is 12.7. The molecule has 0 saturated heterocycles. The highest BCUT2D eigenvalue weighted by molar-refractivity contribution is 5.98. The molecule has 106 valence electrons. The molecule has 1 aromatic carbocycles. The number of aromatic nitrogens is 1. The number of amides is 1. The molecule has 1 fully saturated rings. The number of carbonyl (C=O) groups excluding carboxylic acids is 1.